The van der Waals surface area contributed by atoms with Gasteiger partial charge >= 0.3 is 0 Å². The van der Waals surface area contributed by atoms with Crippen LogP contribution in [0.15, 0.2) is 16.6 Å². The lowest BCUT2D eigenvalue weighted by Gasteiger charge is -2.24. The monoisotopic (exact) mass is 287 g/mol. The van der Waals surface area contributed by atoms with E-state index in [0.717, 1.165) is 36.0 Å². The van der Waals surface area contributed by atoms with E-state index in [1.54, 1.807) is 6.07 Å². The van der Waals surface area contributed by atoms with Crippen LogP contribution >= 0.6 is 15.9 Å². The summed E-state index contributed by atoms with van der Waals surface area (Å²) in [6.07, 6.45) is 1.95. The zero-order valence-corrected chi connectivity index (χ0v) is 10.8. The van der Waals surface area contributed by atoms with Gasteiger partial charge in [0.15, 0.2) is 11.6 Å². The number of hydrogen-bond acceptors (Lipinski definition) is 2. The maximum absolute atomic E-state index is 14.1. The molecule has 4 heteroatoms. The quantitative estimate of drug-likeness (QED) is 0.903. The summed E-state index contributed by atoms with van der Waals surface area (Å²) in [5.41, 5.74) is 0.765. The number of nitrogens with one attached hydrogen (secondary N) is 1. The van der Waals surface area contributed by atoms with Crippen LogP contribution in [0, 0.1) is 5.82 Å². The highest BCUT2D eigenvalue weighted by atomic mass is 79.9. The van der Waals surface area contributed by atoms with Crippen molar-refractivity contribution in [1.29, 1.82) is 0 Å². The summed E-state index contributed by atoms with van der Waals surface area (Å²) in [4.78, 5) is 0. The van der Waals surface area contributed by atoms with E-state index in [2.05, 4.69) is 21.2 Å². The van der Waals surface area contributed by atoms with E-state index in [-0.39, 0.29) is 11.7 Å². The number of piperidine rings is 1. The van der Waals surface area contributed by atoms with Gasteiger partial charge in [0.2, 0.25) is 0 Å². The van der Waals surface area contributed by atoms with Gasteiger partial charge in [-0.25, -0.2) is 4.39 Å². The zero-order chi connectivity index (χ0) is 11.5. The van der Waals surface area contributed by atoms with Gasteiger partial charge in [0.25, 0.3) is 0 Å². The fourth-order valence-corrected chi connectivity index (χ4v) is 2.82. The fourth-order valence-electron chi connectivity index (χ4n) is 2.19. The maximum atomic E-state index is 14.1. The minimum absolute atomic E-state index is 0.219. The van der Waals surface area contributed by atoms with E-state index in [1.165, 1.54) is 7.11 Å². The van der Waals surface area contributed by atoms with E-state index in [9.17, 15) is 4.39 Å². The van der Waals surface area contributed by atoms with Gasteiger partial charge in [-0.15, -0.1) is 0 Å². The molecule has 1 saturated heterocycles. The lowest BCUT2D eigenvalue weighted by molar-refractivity contribution is 0.375. The highest BCUT2D eigenvalue weighted by Gasteiger charge is 2.23. The first-order chi connectivity index (χ1) is 7.74. The van der Waals surface area contributed by atoms with E-state index < -0.39 is 0 Å². The molecule has 0 saturated carbocycles. The molecular weight excluding hydrogens is 273 g/mol. The first-order valence-electron chi connectivity index (χ1n) is 5.46. The van der Waals surface area contributed by atoms with Gasteiger partial charge in [-0.05, 0) is 44.0 Å². The number of benzene rings is 1. The van der Waals surface area contributed by atoms with Crippen molar-refractivity contribution in [2.45, 2.75) is 18.8 Å². The third-order valence-electron chi connectivity index (χ3n) is 3.06. The molecule has 0 bridgehead atoms. The molecule has 1 aliphatic heterocycles. The third kappa shape index (κ3) is 2.23. The normalized spacial score (nSPS) is 17.4. The van der Waals surface area contributed by atoms with Crippen LogP contribution in [0.3, 0.4) is 0 Å². The Morgan fingerprint density at radius 2 is 2.06 bits per heavy atom. The second kappa shape index (κ2) is 5.15. The molecule has 1 aliphatic rings. The molecule has 0 amide bonds. The molecule has 0 spiro atoms. The smallest absolute Gasteiger partial charge is 0.169 e. The van der Waals surface area contributed by atoms with Crippen LogP contribution < -0.4 is 10.1 Å². The van der Waals surface area contributed by atoms with E-state index in [4.69, 9.17) is 4.74 Å². The van der Waals surface area contributed by atoms with Crippen LogP contribution in [0.4, 0.5) is 4.39 Å². The fraction of sp³-hybridized carbons (Fsp3) is 0.500. The molecule has 0 atom stereocenters. The molecule has 1 fully saturated rings. The van der Waals surface area contributed by atoms with Crippen LogP contribution in [0.1, 0.15) is 24.3 Å². The summed E-state index contributed by atoms with van der Waals surface area (Å²) < 4.78 is 20.0. The largest absolute Gasteiger partial charge is 0.494 e. The van der Waals surface area contributed by atoms with Gasteiger partial charge in [0.1, 0.15) is 0 Å². The molecule has 0 unspecified atom stereocenters. The molecule has 0 radical (unpaired) electrons. The Kier molecular flexibility index (Phi) is 3.82. The third-order valence-corrected chi connectivity index (χ3v) is 3.75. The van der Waals surface area contributed by atoms with Crippen LogP contribution in [0.25, 0.3) is 0 Å². The molecule has 1 N–H and O–H groups in total. The SMILES string of the molecule is COc1ccc(Br)c(C2CCNCC2)c1F. The molecular formula is C12H15BrFNO. The van der Waals surface area contributed by atoms with Crippen molar-refractivity contribution in [3.05, 3.63) is 28.0 Å². The Labute approximate surface area is 103 Å². The van der Waals surface area contributed by atoms with Crippen LogP contribution in [0.2, 0.25) is 0 Å². The van der Waals surface area contributed by atoms with Gasteiger partial charge in [-0.1, -0.05) is 15.9 Å². The minimum atomic E-state index is -0.219. The summed E-state index contributed by atoms with van der Waals surface area (Å²) in [5, 5.41) is 3.28. The number of hydrogen-bond donors (Lipinski definition) is 1. The molecule has 0 aliphatic carbocycles. The Balaban J connectivity index is 2.37. The molecule has 1 heterocycles. The Morgan fingerprint density at radius 3 is 2.69 bits per heavy atom. The van der Waals surface area contributed by atoms with Gasteiger partial charge in [0.05, 0.1) is 7.11 Å². The van der Waals surface area contributed by atoms with Crippen LogP contribution in [-0.2, 0) is 0 Å². The summed E-state index contributed by atoms with van der Waals surface area (Å²) in [5.74, 6) is 0.395. The molecule has 0 aromatic heterocycles. The van der Waals surface area contributed by atoms with Crippen molar-refractivity contribution in [3.63, 3.8) is 0 Å². The molecule has 2 rings (SSSR count). The van der Waals surface area contributed by atoms with Gasteiger partial charge in [-0.3, -0.25) is 0 Å². The molecule has 2 nitrogen and oxygen atoms in total. The topological polar surface area (TPSA) is 21.3 Å². The van der Waals surface area contributed by atoms with Crippen molar-refractivity contribution in [1.82, 2.24) is 5.32 Å². The first-order valence-corrected chi connectivity index (χ1v) is 6.26. The molecule has 88 valence electrons. The predicted octanol–water partition coefficient (Wildman–Crippen LogP) is 3.06. The number of methoxy groups -OCH3 is 1. The lowest BCUT2D eigenvalue weighted by Crippen LogP contribution is -2.27. The van der Waals surface area contributed by atoms with Gasteiger partial charge < -0.3 is 10.1 Å². The van der Waals surface area contributed by atoms with Crippen molar-refractivity contribution < 1.29 is 9.13 Å². The van der Waals surface area contributed by atoms with Crippen LogP contribution in [0.5, 0.6) is 5.75 Å². The standard InChI is InChI=1S/C12H15BrFNO/c1-16-10-3-2-9(13)11(12(10)14)8-4-6-15-7-5-8/h2-3,8,15H,4-7H2,1H3. The molecule has 1 aromatic rings. The van der Waals surface area contributed by atoms with E-state index in [1.807, 2.05) is 6.07 Å². The lowest BCUT2D eigenvalue weighted by atomic mass is 9.90. The second-order valence-electron chi connectivity index (χ2n) is 4.00. The van der Waals surface area contributed by atoms with Gasteiger partial charge in [0, 0.05) is 10.0 Å². The minimum Gasteiger partial charge on any atom is -0.494 e. The van der Waals surface area contributed by atoms with E-state index >= 15 is 0 Å². The summed E-state index contributed by atoms with van der Waals surface area (Å²) in [6.45, 7) is 1.90. The van der Waals surface area contributed by atoms with Crippen molar-refractivity contribution in [3.8, 4) is 5.75 Å². The van der Waals surface area contributed by atoms with Crippen molar-refractivity contribution >= 4 is 15.9 Å². The summed E-state index contributed by atoms with van der Waals surface area (Å²) >= 11 is 3.43. The van der Waals surface area contributed by atoms with E-state index in [0.29, 0.717) is 5.75 Å². The Hall–Kier alpha value is -0.610. The number of rotatable bonds is 2. The molecule has 16 heavy (non-hydrogen) atoms. The Bertz CT molecular complexity index is 378. The summed E-state index contributed by atoms with van der Waals surface area (Å²) in [7, 11) is 1.50. The average molecular weight is 288 g/mol. The van der Waals surface area contributed by atoms with Gasteiger partial charge in [-0.2, -0.15) is 0 Å². The van der Waals surface area contributed by atoms with Crippen molar-refractivity contribution in [2.24, 2.45) is 0 Å². The van der Waals surface area contributed by atoms with Crippen molar-refractivity contribution in [2.75, 3.05) is 20.2 Å². The maximum Gasteiger partial charge on any atom is 0.169 e. The molecule has 1 aromatic carbocycles. The number of halogens is 2. The highest BCUT2D eigenvalue weighted by molar-refractivity contribution is 9.10. The number of ether oxygens (including phenoxy) is 1. The van der Waals surface area contributed by atoms with Crippen LogP contribution in [-0.4, -0.2) is 20.2 Å². The Morgan fingerprint density at radius 1 is 1.38 bits per heavy atom. The summed E-state index contributed by atoms with van der Waals surface area (Å²) in [6, 6.07) is 3.52. The first kappa shape index (κ1) is 11.9. The predicted molar refractivity (Wildman–Crippen MR) is 65.5 cm³/mol. The average Bonchev–Trinajstić information content (AvgIpc) is 2.31. The highest BCUT2D eigenvalue weighted by Crippen LogP contribution is 2.36. The second-order valence-corrected chi connectivity index (χ2v) is 4.86. The zero-order valence-electron chi connectivity index (χ0n) is 9.22.